The number of carbonyl (C=O) groups excluding carboxylic acids is 2. The molecule has 3 unspecified atom stereocenters. The number of benzene rings is 2. The second-order valence-electron chi connectivity index (χ2n) is 10.6. The second-order valence-corrected chi connectivity index (χ2v) is 10.6. The Labute approximate surface area is 248 Å². The van der Waals surface area contributed by atoms with E-state index in [0.717, 1.165) is 36.3 Å². The van der Waals surface area contributed by atoms with E-state index in [1.165, 1.54) is 18.1 Å². The van der Waals surface area contributed by atoms with Crippen molar-refractivity contribution >= 4 is 11.8 Å². The number of nitrogens with zero attached hydrogens (tertiary/aromatic N) is 1. The van der Waals surface area contributed by atoms with Crippen LogP contribution in [-0.4, -0.2) is 76.9 Å². The molecule has 2 N–H and O–H groups in total. The number of carbonyl (C=O) groups is 2. The van der Waals surface area contributed by atoms with Gasteiger partial charge < -0.3 is 29.6 Å². The van der Waals surface area contributed by atoms with E-state index in [2.05, 4.69) is 27.7 Å². The topological polar surface area (TPSA) is 98.4 Å². The monoisotopic (exact) mass is 577 g/mol. The lowest BCUT2D eigenvalue weighted by atomic mass is 9.84. The fourth-order valence-corrected chi connectivity index (χ4v) is 6.00. The Morgan fingerprint density at radius 2 is 1.69 bits per heavy atom. The van der Waals surface area contributed by atoms with Crippen molar-refractivity contribution in [3.63, 3.8) is 0 Å². The van der Waals surface area contributed by atoms with Gasteiger partial charge in [-0.3, -0.25) is 14.5 Å². The maximum absolute atomic E-state index is 14.0. The Balaban J connectivity index is 1.78. The van der Waals surface area contributed by atoms with Crippen molar-refractivity contribution in [3.8, 4) is 11.5 Å². The third-order valence-corrected chi connectivity index (χ3v) is 8.01. The highest BCUT2D eigenvalue weighted by molar-refractivity contribution is 5.83. The highest BCUT2D eigenvalue weighted by Gasteiger charge is 2.39. The first-order chi connectivity index (χ1) is 20.4. The van der Waals surface area contributed by atoms with Gasteiger partial charge >= 0.3 is 0 Å². The molecule has 4 rings (SSSR count). The maximum Gasteiger partial charge on any atom is 0.242 e. The van der Waals surface area contributed by atoms with Gasteiger partial charge in [0.25, 0.3) is 0 Å². The highest BCUT2D eigenvalue weighted by Crippen LogP contribution is 2.40. The Bertz CT molecular complexity index is 1290. The molecule has 0 radical (unpaired) electrons. The number of ether oxygens (including phenoxy) is 4. The SMILES string of the molecule is COC1=CC2=C(CC1OC)C(Cc1ccc(OC)c(OC)c1)N(C(C(=O)NCCNC(C)=O)c1ccccc1)CCC2. The zero-order valence-electron chi connectivity index (χ0n) is 25.3. The van der Waals surface area contributed by atoms with Gasteiger partial charge in [-0.25, -0.2) is 0 Å². The molecule has 9 nitrogen and oxygen atoms in total. The zero-order chi connectivity index (χ0) is 30.1. The molecular formula is C33H43N3O6. The molecule has 1 aliphatic heterocycles. The average molecular weight is 578 g/mol. The summed E-state index contributed by atoms with van der Waals surface area (Å²) in [5.41, 5.74) is 4.49. The first kappa shape index (κ1) is 31.1. The van der Waals surface area contributed by atoms with Crippen LogP contribution < -0.4 is 20.1 Å². The molecule has 0 saturated heterocycles. The quantitative estimate of drug-likeness (QED) is 0.369. The van der Waals surface area contributed by atoms with Crippen molar-refractivity contribution in [1.29, 1.82) is 0 Å². The lowest BCUT2D eigenvalue weighted by molar-refractivity contribution is -0.127. The van der Waals surface area contributed by atoms with Crippen molar-refractivity contribution in [1.82, 2.24) is 15.5 Å². The molecule has 0 fully saturated rings. The van der Waals surface area contributed by atoms with Gasteiger partial charge in [0.1, 0.15) is 17.9 Å². The number of allylic oxidation sites excluding steroid dienone is 2. The number of rotatable bonds is 12. The van der Waals surface area contributed by atoms with E-state index in [0.29, 0.717) is 37.4 Å². The zero-order valence-corrected chi connectivity index (χ0v) is 25.3. The summed E-state index contributed by atoms with van der Waals surface area (Å²) >= 11 is 0. The van der Waals surface area contributed by atoms with Gasteiger partial charge in [0.05, 0.1) is 21.3 Å². The minimum atomic E-state index is -0.533. The summed E-state index contributed by atoms with van der Waals surface area (Å²) < 4.78 is 22.7. The van der Waals surface area contributed by atoms with Crippen LogP contribution in [0.1, 0.15) is 43.4 Å². The normalized spacial score (nSPS) is 19.6. The third kappa shape index (κ3) is 7.33. The molecule has 42 heavy (non-hydrogen) atoms. The fourth-order valence-electron chi connectivity index (χ4n) is 6.00. The molecule has 1 heterocycles. The highest BCUT2D eigenvalue weighted by atomic mass is 16.5. The maximum atomic E-state index is 14.0. The van der Waals surface area contributed by atoms with Crippen molar-refractivity contribution < 1.29 is 28.5 Å². The summed E-state index contributed by atoms with van der Waals surface area (Å²) in [6, 6.07) is 15.3. The number of nitrogens with one attached hydrogen (secondary N) is 2. The van der Waals surface area contributed by atoms with Gasteiger partial charge in [-0.2, -0.15) is 0 Å². The first-order valence-corrected chi connectivity index (χ1v) is 14.4. The Morgan fingerprint density at radius 1 is 0.952 bits per heavy atom. The number of hydrogen-bond donors (Lipinski definition) is 2. The Kier molecular flexibility index (Phi) is 11.0. The molecule has 2 aromatic rings. The van der Waals surface area contributed by atoms with Crippen molar-refractivity contribution in [3.05, 3.63) is 82.6 Å². The van der Waals surface area contributed by atoms with E-state index in [1.807, 2.05) is 42.5 Å². The lowest BCUT2D eigenvalue weighted by Crippen LogP contribution is -2.48. The molecule has 0 bridgehead atoms. The molecule has 226 valence electrons. The molecule has 2 aliphatic rings. The largest absolute Gasteiger partial charge is 0.498 e. The van der Waals surface area contributed by atoms with Crippen LogP contribution >= 0.6 is 0 Å². The summed E-state index contributed by atoms with van der Waals surface area (Å²) in [7, 11) is 6.65. The van der Waals surface area contributed by atoms with Crippen LogP contribution in [0, 0.1) is 0 Å². The predicted octanol–water partition coefficient (Wildman–Crippen LogP) is 3.95. The number of methoxy groups -OCH3 is 4. The molecule has 3 atom stereocenters. The summed E-state index contributed by atoms with van der Waals surface area (Å²) in [5.74, 6) is 1.94. The standard InChI is InChI=1S/C33H43N3O6/c1-22(37)34-15-16-35-33(38)32(24-10-7-6-8-11-24)36-17-9-12-25-20-30(41-4)31(42-5)21-26(25)27(36)18-23-13-14-28(39-2)29(19-23)40-3/h6-8,10-11,13-14,19-20,27,31-32H,9,12,15-18,21H2,1-5H3,(H,34,37)(H,35,38). The smallest absolute Gasteiger partial charge is 0.242 e. The van der Waals surface area contributed by atoms with Crippen LogP contribution in [0.25, 0.3) is 0 Å². The molecular weight excluding hydrogens is 534 g/mol. The molecule has 2 amide bonds. The van der Waals surface area contributed by atoms with Crippen LogP contribution in [0.15, 0.2) is 71.5 Å². The van der Waals surface area contributed by atoms with Crippen LogP contribution in [0.4, 0.5) is 0 Å². The molecule has 1 aliphatic carbocycles. The number of hydrogen-bond acceptors (Lipinski definition) is 7. The molecule has 0 saturated carbocycles. The number of amides is 2. The summed E-state index contributed by atoms with van der Waals surface area (Å²) in [5, 5.41) is 5.84. The van der Waals surface area contributed by atoms with Crippen LogP contribution in [0.2, 0.25) is 0 Å². The average Bonchev–Trinajstić information content (AvgIpc) is 3.17. The Morgan fingerprint density at radius 3 is 2.36 bits per heavy atom. The van der Waals surface area contributed by atoms with Gasteiger partial charge in [0.15, 0.2) is 11.5 Å². The van der Waals surface area contributed by atoms with E-state index in [1.54, 1.807) is 28.4 Å². The van der Waals surface area contributed by atoms with Crippen molar-refractivity contribution in [2.75, 3.05) is 48.1 Å². The van der Waals surface area contributed by atoms with Gasteiger partial charge in [0, 0.05) is 46.1 Å². The van der Waals surface area contributed by atoms with Crippen LogP contribution in [0.5, 0.6) is 11.5 Å². The third-order valence-electron chi connectivity index (χ3n) is 8.01. The van der Waals surface area contributed by atoms with Crippen molar-refractivity contribution in [2.24, 2.45) is 0 Å². The fraction of sp³-hybridized carbons (Fsp3) is 0.455. The summed E-state index contributed by atoms with van der Waals surface area (Å²) in [4.78, 5) is 27.7. The van der Waals surface area contributed by atoms with Crippen molar-refractivity contribution in [2.45, 2.75) is 50.8 Å². The van der Waals surface area contributed by atoms with E-state index in [4.69, 9.17) is 18.9 Å². The first-order valence-electron chi connectivity index (χ1n) is 14.4. The summed E-state index contributed by atoms with van der Waals surface area (Å²) in [6.45, 7) is 2.90. The van der Waals surface area contributed by atoms with Gasteiger partial charge in [-0.15, -0.1) is 0 Å². The predicted molar refractivity (Wildman–Crippen MR) is 161 cm³/mol. The van der Waals surface area contributed by atoms with Gasteiger partial charge in [0.2, 0.25) is 11.8 Å². The molecule has 2 aromatic carbocycles. The minimum Gasteiger partial charge on any atom is -0.498 e. The Hall–Kier alpha value is -3.82. The molecule has 9 heteroatoms. The van der Waals surface area contributed by atoms with Crippen LogP contribution in [0.3, 0.4) is 0 Å². The van der Waals surface area contributed by atoms with Gasteiger partial charge in [-0.1, -0.05) is 36.4 Å². The lowest BCUT2D eigenvalue weighted by Gasteiger charge is -2.40. The van der Waals surface area contributed by atoms with Crippen LogP contribution in [-0.2, 0) is 25.5 Å². The van der Waals surface area contributed by atoms with E-state index in [9.17, 15) is 9.59 Å². The van der Waals surface area contributed by atoms with E-state index in [-0.39, 0.29) is 24.0 Å². The molecule has 0 spiro atoms. The second kappa shape index (κ2) is 14.9. The minimum absolute atomic E-state index is 0.0971. The van der Waals surface area contributed by atoms with E-state index < -0.39 is 6.04 Å². The summed E-state index contributed by atoms with van der Waals surface area (Å²) in [6.07, 6.45) is 5.02. The van der Waals surface area contributed by atoms with Gasteiger partial charge in [-0.05, 0) is 59.7 Å². The molecule has 0 aromatic heterocycles. The van der Waals surface area contributed by atoms with E-state index >= 15 is 0 Å².